The SMILES string of the molecule is FCCC/C=C/C1CCC(c2ccc(-c3cc(F)c(F)c(F)c3)cc2)CC1. The molecular weight excluding hydrogens is 352 g/mol. The van der Waals surface area contributed by atoms with Crippen molar-refractivity contribution in [3.05, 3.63) is 71.6 Å². The van der Waals surface area contributed by atoms with E-state index in [1.54, 1.807) is 0 Å². The van der Waals surface area contributed by atoms with Gasteiger partial charge in [0.15, 0.2) is 17.5 Å². The minimum absolute atomic E-state index is 0.260. The van der Waals surface area contributed by atoms with Crippen LogP contribution in [0.25, 0.3) is 11.1 Å². The van der Waals surface area contributed by atoms with Gasteiger partial charge in [-0.2, -0.15) is 0 Å². The topological polar surface area (TPSA) is 0 Å². The van der Waals surface area contributed by atoms with Gasteiger partial charge in [0, 0.05) is 0 Å². The number of rotatable bonds is 6. The Bertz CT molecular complexity index is 748. The molecule has 4 heteroatoms. The summed E-state index contributed by atoms with van der Waals surface area (Å²) in [6.07, 6.45) is 10.2. The van der Waals surface area contributed by atoms with E-state index in [0.717, 1.165) is 44.2 Å². The van der Waals surface area contributed by atoms with E-state index in [2.05, 4.69) is 12.2 Å². The van der Waals surface area contributed by atoms with Crippen molar-refractivity contribution in [1.82, 2.24) is 0 Å². The molecule has 3 rings (SSSR count). The number of hydrogen-bond donors (Lipinski definition) is 0. The Labute approximate surface area is 157 Å². The molecule has 1 aliphatic rings. The molecule has 0 radical (unpaired) electrons. The van der Waals surface area contributed by atoms with Gasteiger partial charge in [0.1, 0.15) is 0 Å². The van der Waals surface area contributed by atoms with E-state index >= 15 is 0 Å². The van der Waals surface area contributed by atoms with Crippen LogP contribution in [0.3, 0.4) is 0 Å². The standard InChI is InChI=1S/C23H24F4/c24-13-3-1-2-4-16-5-7-17(8-6-16)18-9-11-19(12-10-18)20-14-21(25)23(27)22(26)15-20/h2,4,9-12,14-17H,1,3,5-8,13H2/b4-2+. The summed E-state index contributed by atoms with van der Waals surface area (Å²) in [4.78, 5) is 0. The van der Waals surface area contributed by atoms with E-state index in [9.17, 15) is 17.6 Å². The van der Waals surface area contributed by atoms with Crippen LogP contribution in [0.15, 0.2) is 48.6 Å². The maximum Gasteiger partial charge on any atom is 0.194 e. The van der Waals surface area contributed by atoms with Crippen molar-refractivity contribution in [1.29, 1.82) is 0 Å². The largest absolute Gasteiger partial charge is 0.251 e. The van der Waals surface area contributed by atoms with Gasteiger partial charge in [-0.25, -0.2) is 13.2 Å². The maximum absolute atomic E-state index is 13.4. The molecule has 0 atom stereocenters. The van der Waals surface area contributed by atoms with Gasteiger partial charge in [0.05, 0.1) is 6.67 Å². The highest BCUT2D eigenvalue weighted by Gasteiger charge is 2.21. The molecule has 0 bridgehead atoms. The Morgan fingerprint density at radius 3 is 2.07 bits per heavy atom. The summed E-state index contributed by atoms with van der Waals surface area (Å²) < 4.78 is 52.1. The molecule has 1 saturated carbocycles. The zero-order valence-corrected chi connectivity index (χ0v) is 15.2. The maximum atomic E-state index is 13.4. The van der Waals surface area contributed by atoms with Crippen LogP contribution < -0.4 is 0 Å². The van der Waals surface area contributed by atoms with Gasteiger partial charge in [-0.05, 0) is 79.2 Å². The summed E-state index contributed by atoms with van der Waals surface area (Å²) in [6.45, 7) is -0.260. The molecule has 0 nitrogen and oxygen atoms in total. The summed E-state index contributed by atoms with van der Waals surface area (Å²) in [5.74, 6) is -2.73. The van der Waals surface area contributed by atoms with Gasteiger partial charge in [-0.1, -0.05) is 36.4 Å². The molecule has 0 N–H and O–H groups in total. The molecule has 0 saturated heterocycles. The summed E-state index contributed by atoms with van der Waals surface area (Å²) in [5, 5.41) is 0. The lowest BCUT2D eigenvalue weighted by Gasteiger charge is -2.27. The molecular formula is C23H24F4. The van der Waals surface area contributed by atoms with Crippen molar-refractivity contribution in [2.75, 3.05) is 6.67 Å². The van der Waals surface area contributed by atoms with Crippen LogP contribution >= 0.6 is 0 Å². The smallest absolute Gasteiger partial charge is 0.194 e. The number of halogens is 4. The average molecular weight is 376 g/mol. The van der Waals surface area contributed by atoms with Crippen LogP contribution in [-0.4, -0.2) is 6.67 Å². The minimum atomic E-state index is -1.44. The van der Waals surface area contributed by atoms with E-state index in [1.807, 2.05) is 24.3 Å². The van der Waals surface area contributed by atoms with Crippen LogP contribution in [0.5, 0.6) is 0 Å². The molecule has 0 aliphatic heterocycles. The first-order valence-electron chi connectivity index (χ1n) is 9.56. The number of allylic oxidation sites excluding steroid dienone is 2. The first-order chi connectivity index (χ1) is 13.1. The fourth-order valence-electron chi connectivity index (χ4n) is 3.80. The summed E-state index contributed by atoms with van der Waals surface area (Å²) in [7, 11) is 0. The number of benzene rings is 2. The molecule has 27 heavy (non-hydrogen) atoms. The molecule has 144 valence electrons. The first kappa shape index (κ1) is 19.7. The molecule has 1 fully saturated rings. The van der Waals surface area contributed by atoms with Crippen LogP contribution in [0.1, 0.15) is 50.0 Å². The third-order valence-electron chi connectivity index (χ3n) is 5.38. The van der Waals surface area contributed by atoms with E-state index in [0.29, 0.717) is 29.4 Å². The lowest BCUT2D eigenvalue weighted by Crippen LogP contribution is -2.11. The van der Waals surface area contributed by atoms with Crippen molar-refractivity contribution in [2.45, 2.75) is 44.4 Å². The fourth-order valence-corrected chi connectivity index (χ4v) is 3.80. The Hall–Kier alpha value is -2.10. The fraction of sp³-hybridized carbons (Fsp3) is 0.391. The second kappa shape index (κ2) is 9.20. The lowest BCUT2D eigenvalue weighted by atomic mass is 9.78. The third-order valence-corrected chi connectivity index (χ3v) is 5.38. The second-order valence-corrected chi connectivity index (χ2v) is 7.25. The summed E-state index contributed by atoms with van der Waals surface area (Å²) in [6, 6.07) is 9.71. The summed E-state index contributed by atoms with van der Waals surface area (Å²) in [5.41, 5.74) is 2.22. The number of alkyl halides is 1. The van der Waals surface area contributed by atoms with Crippen molar-refractivity contribution in [3.63, 3.8) is 0 Å². The van der Waals surface area contributed by atoms with E-state index in [4.69, 9.17) is 0 Å². The highest BCUT2D eigenvalue weighted by atomic mass is 19.2. The zero-order chi connectivity index (χ0) is 19.2. The Balaban J connectivity index is 1.61. The Morgan fingerprint density at radius 1 is 0.852 bits per heavy atom. The normalized spacial score (nSPS) is 20.3. The Morgan fingerprint density at radius 2 is 1.48 bits per heavy atom. The summed E-state index contributed by atoms with van der Waals surface area (Å²) >= 11 is 0. The van der Waals surface area contributed by atoms with Crippen molar-refractivity contribution < 1.29 is 17.6 Å². The van der Waals surface area contributed by atoms with Crippen molar-refractivity contribution >= 4 is 0 Å². The minimum Gasteiger partial charge on any atom is -0.251 e. The second-order valence-electron chi connectivity index (χ2n) is 7.25. The zero-order valence-electron chi connectivity index (χ0n) is 15.2. The van der Waals surface area contributed by atoms with Gasteiger partial charge < -0.3 is 0 Å². The van der Waals surface area contributed by atoms with Gasteiger partial charge in [-0.15, -0.1) is 0 Å². The van der Waals surface area contributed by atoms with Gasteiger partial charge in [0.2, 0.25) is 0 Å². The van der Waals surface area contributed by atoms with Gasteiger partial charge in [-0.3, -0.25) is 4.39 Å². The van der Waals surface area contributed by atoms with Crippen molar-refractivity contribution in [3.8, 4) is 11.1 Å². The monoisotopic (exact) mass is 376 g/mol. The number of hydrogen-bond acceptors (Lipinski definition) is 0. The Kier molecular flexibility index (Phi) is 6.70. The van der Waals surface area contributed by atoms with E-state index < -0.39 is 17.5 Å². The molecule has 0 spiro atoms. The highest BCUT2D eigenvalue weighted by Crippen LogP contribution is 2.37. The quantitative estimate of drug-likeness (QED) is 0.214. The molecule has 2 aromatic carbocycles. The molecule has 0 amide bonds. The predicted molar refractivity (Wildman–Crippen MR) is 101 cm³/mol. The van der Waals surface area contributed by atoms with E-state index in [1.165, 1.54) is 5.56 Å². The first-order valence-corrected chi connectivity index (χ1v) is 9.56. The van der Waals surface area contributed by atoms with Gasteiger partial charge >= 0.3 is 0 Å². The molecule has 0 heterocycles. The highest BCUT2D eigenvalue weighted by molar-refractivity contribution is 5.64. The van der Waals surface area contributed by atoms with Crippen LogP contribution in [0.4, 0.5) is 17.6 Å². The third kappa shape index (κ3) is 5.00. The van der Waals surface area contributed by atoms with Crippen LogP contribution in [-0.2, 0) is 0 Å². The molecule has 0 aromatic heterocycles. The molecule has 1 aliphatic carbocycles. The number of unbranched alkanes of at least 4 members (excludes halogenated alkanes) is 1. The van der Waals surface area contributed by atoms with E-state index in [-0.39, 0.29) is 6.67 Å². The van der Waals surface area contributed by atoms with Crippen molar-refractivity contribution in [2.24, 2.45) is 5.92 Å². The lowest BCUT2D eigenvalue weighted by molar-refractivity contribution is 0.375. The van der Waals surface area contributed by atoms with Gasteiger partial charge in [0.25, 0.3) is 0 Å². The van der Waals surface area contributed by atoms with Crippen LogP contribution in [0, 0.1) is 23.4 Å². The predicted octanol–water partition coefficient (Wildman–Crippen LogP) is 7.35. The molecule has 0 unspecified atom stereocenters. The molecule has 2 aromatic rings. The average Bonchev–Trinajstić information content (AvgIpc) is 2.70. The van der Waals surface area contributed by atoms with Crippen LogP contribution in [0.2, 0.25) is 0 Å².